The molecule has 2 unspecified atom stereocenters. The van der Waals surface area contributed by atoms with E-state index in [4.69, 9.17) is 0 Å². The molecule has 7 heteroatoms. The number of thiophene rings is 1. The van der Waals surface area contributed by atoms with Crippen molar-refractivity contribution in [1.29, 1.82) is 0 Å². The molecule has 0 saturated carbocycles. The summed E-state index contributed by atoms with van der Waals surface area (Å²) in [5.74, 6) is 1.53. The molecule has 2 atom stereocenters. The van der Waals surface area contributed by atoms with E-state index in [1.54, 1.807) is 11.3 Å². The van der Waals surface area contributed by atoms with E-state index in [0.29, 0.717) is 12.0 Å². The lowest BCUT2D eigenvalue weighted by Crippen LogP contribution is -2.43. The summed E-state index contributed by atoms with van der Waals surface area (Å²) in [5.41, 5.74) is 2.68. The van der Waals surface area contributed by atoms with Gasteiger partial charge in [-0.1, -0.05) is 0 Å². The van der Waals surface area contributed by atoms with Crippen molar-refractivity contribution in [3.8, 4) is 0 Å². The molecule has 3 heterocycles. The minimum Gasteiger partial charge on any atom is -0.354 e. The standard InChI is InChI=1S/C18H28N6S/c1-19-18(20-10-17(22(2)3)15-6-8-25-13-15)24-7-5-14(12-24)16-9-21-23(4)11-16/h6,8-9,11,13-14,17H,5,7,10,12H2,1-4H3,(H,19,20). The van der Waals surface area contributed by atoms with E-state index in [2.05, 4.69) is 62.3 Å². The van der Waals surface area contributed by atoms with E-state index in [-0.39, 0.29) is 0 Å². The fourth-order valence-corrected chi connectivity index (χ4v) is 4.17. The molecular formula is C18H28N6S. The van der Waals surface area contributed by atoms with Crippen LogP contribution in [-0.2, 0) is 7.05 Å². The van der Waals surface area contributed by atoms with Crippen LogP contribution in [0.4, 0.5) is 0 Å². The quantitative estimate of drug-likeness (QED) is 0.656. The molecule has 0 bridgehead atoms. The monoisotopic (exact) mass is 360 g/mol. The number of aliphatic imine (C=N–C) groups is 1. The molecule has 0 aliphatic carbocycles. The average Bonchev–Trinajstić information content (AvgIpc) is 3.32. The molecule has 0 radical (unpaired) electrons. The van der Waals surface area contributed by atoms with Crippen molar-refractivity contribution in [3.63, 3.8) is 0 Å². The zero-order valence-electron chi connectivity index (χ0n) is 15.5. The number of nitrogens with one attached hydrogen (secondary N) is 1. The van der Waals surface area contributed by atoms with Gasteiger partial charge in [0.05, 0.1) is 12.2 Å². The largest absolute Gasteiger partial charge is 0.354 e. The summed E-state index contributed by atoms with van der Waals surface area (Å²) in [5, 5.41) is 12.2. The van der Waals surface area contributed by atoms with Crippen LogP contribution in [0.3, 0.4) is 0 Å². The van der Waals surface area contributed by atoms with Gasteiger partial charge in [0.15, 0.2) is 5.96 Å². The zero-order valence-corrected chi connectivity index (χ0v) is 16.3. The van der Waals surface area contributed by atoms with Gasteiger partial charge in [-0.25, -0.2) is 0 Å². The number of aryl methyl sites for hydroxylation is 1. The summed E-state index contributed by atoms with van der Waals surface area (Å²) in [6.45, 7) is 2.88. The molecule has 2 aromatic rings. The highest BCUT2D eigenvalue weighted by molar-refractivity contribution is 7.07. The Morgan fingerprint density at radius 2 is 2.36 bits per heavy atom. The number of guanidine groups is 1. The van der Waals surface area contributed by atoms with Gasteiger partial charge in [-0.3, -0.25) is 9.67 Å². The second kappa shape index (κ2) is 8.01. The third-order valence-electron chi connectivity index (χ3n) is 4.90. The van der Waals surface area contributed by atoms with Crippen LogP contribution in [0.5, 0.6) is 0 Å². The molecule has 1 aliphatic heterocycles. The van der Waals surface area contributed by atoms with Crippen LogP contribution in [0.2, 0.25) is 0 Å². The zero-order chi connectivity index (χ0) is 17.8. The predicted octanol–water partition coefficient (Wildman–Crippen LogP) is 2.15. The topological polar surface area (TPSA) is 48.7 Å². The average molecular weight is 361 g/mol. The van der Waals surface area contributed by atoms with Crippen molar-refractivity contribution in [1.82, 2.24) is 24.9 Å². The molecule has 0 amide bonds. The summed E-state index contributed by atoms with van der Waals surface area (Å²) in [6, 6.07) is 2.55. The van der Waals surface area contributed by atoms with Gasteiger partial charge in [0.2, 0.25) is 0 Å². The third kappa shape index (κ3) is 4.22. The van der Waals surface area contributed by atoms with Gasteiger partial charge in [0.25, 0.3) is 0 Å². The van der Waals surface area contributed by atoms with Gasteiger partial charge in [-0.15, -0.1) is 0 Å². The highest BCUT2D eigenvalue weighted by Gasteiger charge is 2.27. The van der Waals surface area contributed by atoms with Gasteiger partial charge in [-0.2, -0.15) is 16.4 Å². The maximum atomic E-state index is 4.51. The number of hydrogen-bond donors (Lipinski definition) is 1. The molecule has 1 saturated heterocycles. The minimum absolute atomic E-state index is 0.347. The molecule has 2 aromatic heterocycles. The molecule has 1 N–H and O–H groups in total. The summed E-state index contributed by atoms with van der Waals surface area (Å²) >= 11 is 1.75. The Balaban J connectivity index is 1.59. The van der Waals surface area contributed by atoms with Crippen LogP contribution in [0.15, 0.2) is 34.2 Å². The second-order valence-electron chi connectivity index (χ2n) is 6.84. The van der Waals surface area contributed by atoms with Crippen LogP contribution in [0, 0.1) is 0 Å². The first-order valence-electron chi connectivity index (χ1n) is 8.71. The van der Waals surface area contributed by atoms with E-state index in [0.717, 1.165) is 32.0 Å². The number of nitrogens with zero attached hydrogens (tertiary/aromatic N) is 5. The summed E-state index contributed by atoms with van der Waals surface area (Å²) in [7, 11) is 8.10. The highest BCUT2D eigenvalue weighted by Crippen LogP contribution is 2.27. The Morgan fingerprint density at radius 1 is 1.52 bits per heavy atom. The molecule has 1 aliphatic rings. The van der Waals surface area contributed by atoms with Crippen molar-refractivity contribution in [2.24, 2.45) is 12.0 Å². The SMILES string of the molecule is CN=C(NCC(c1ccsc1)N(C)C)N1CCC(c2cnn(C)c2)C1. The number of likely N-dealkylation sites (N-methyl/N-ethyl adjacent to an activating group) is 1. The lowest BCUT2D eigenvalue weighted by molar-refractivity contribution is 0.296. The maximum Gasteiger partial charge on any atom is 0.193 e. The number of hydrogen-bond acceptors (Lipinski definition) is 4. The molecule has 136 valence electrons. The van der Waals surface area contributed by atoms with Gasteiger partial charge in [0, 0.05) is 45.8 Å². The van der Waals surface area contributed by atoms with Gasteiger partial charge in [-0.05, 0) is 48.5 Å². The van der Waals surface area contributed by atoms with Gasteiger partial charge in [0.1, 0.15) is 0 Å². The lowest BCUT2D eigenvalue weighted by atomic mass is 10.0. The van der Waals surface area contributed by atoms with E-state index in [9.17, 15) is 0 Å². The first kappa shape index (κ1) is 17.9. The fraction of sp³-hybridized carbons (Fsp3) is 0.556. The minimum atomic E-state index is 0.347. The Hall–Kier alpha value is -1.86. The lowest BCUT2D eigenvalue weighted by Gasteiger charge is -2.27. The molecule has 3 rings (SSSR count). The Kier molecular flexibility index (Phi) is 5.75. The molecule has 6 nitrogen and oxygen atoms in total. The summed E-state index contributed by atoms with van der Waals surface area (Å²) in [4.78, 5) is 9.12. The van der Waals surface area contributed by atoms with Crippen LogP contribution >= 0.6 is 11.3 Å². The second-order valence-corrected chi connectivity index (χ2v) is 7.62. The Labute approximate surface area is 154 Å². The van der Waals surface area contributed by atoms with E-state index >= 15 is 0 Å². The maximum absolute atomic E-state index is 4.51. The van der Waals surface area contributed by atoms with Crippen molar-refractivity contribution in [2.75, 3.05) is 40.8 Å². The van der Waals surface area contributed by atoms with E-state index in [1.165, 1.54) is 11.1 Å². The summed E-state index contributed by atoms with van der Waals surface area (Å²) in [6.07, 6.45) is 5.26. The summed E-state index contributed by atoms with van der Waals surface area (Å²) < 4.78 is 1.88. The first-order chi connectivity index (χ1) is 12.1. The normalized spacial score (nSPS) is 19.6. The Morgan fingerprint density at radius 3 is 2.96 bits per heavy atom. The van der Waals surface area contributed by atoms with Crippen LogP contribution in [0.1, 0.15) is 29.5 Å². The number of rotatable bonds is 5. The van der Waals surface area contributed by atoms with E-state index < -0.39 is 0 Å². The number of likely N-dealkylation sites (tertiary alicyclic amines) is 1. The molecule has 25 heavy (non-hydrogen) atoms. The van der Waals surface area contributed by atoms with Crippen molar-refractivity contribution in [3.05, 3.63) is 40.3 Å². The molecule has 0 aromatic carbocycles. The third-order valence-corrected chi connectivity index (χ3v) is 5.60. The van der Waals surface area contributed by atoms with Crippen molar-refractivity contribution in [2.45, 2.75) is 18.4 Å². The smallest absolute Gasteiger partial charge is 0.193 e. The van der Waals surface area contributed by atoms with Crippen molar-refractivity contribution >= 4 is 17.3 Å². The van der Waals surface area contributed by atoms with E-state index in [1.807, 2.05) is 25.0 Å². The molecule has 1 fully saturated rings. The van der Waals surface area contributed by atoms with Crippen LogP contribution in [0.25, 0.3) is 0 Å². The number of aromatic nitrogens is 2. The molecular weight excluding hydrogens is 332 g/mol. The first-order valence-corrected chi connectivity index (χ1v) is 9.65. The van der Waals surface area contributed by atoms with Gasteiger partial charge < -0.3 is 15.1 Å². The predicted molar refractivity (Wildman–Crippen MR) is 104 cm³/mol. The Bertz CT molecular complexity index is 690. The van der Waals surface area contributed by atoms with Crippen LogP contribution in [-0.4, -0.2) is 66.3 Å². The van der Waals surface area contributed by atoms with Gasteiger partial charge >= 0.3 is 0 Å². The van der Waals surface area contributed by atoms with Crippen LogP contribution < -0.4 is 5.32 Å². The fourth-order valence-electron chi connectivity index (χ4n) is 3.46. The molecule has 0 spiro atoms. The highest BCUT2D eigenvalue weighted by atomic mass is 32.1. The van der Waals surface area contributed by atoms with Crippen molar-refractivity contribution < 1.29 is 0 Å².